The molecule has 0 atom stereocenters. The normalized spacial score (nSPS) is 17.8. The molecule has 2 aromatic carbocycles. The Bertz CT molecular complexity index is 1240. The van der Waals surface area contributed by atoms with Gasteiger partial charge in [0.25, 0.3) is 5.91 Å². The molecule has 0 N–H and O–H groups in total. The number of nitrogens with zero attached hydrogens (tertiary/aromatic N) is 2. The second kappa shape index (κ2) is 10.7. The van der Waals surface area contributed by atoms with Gasteiger partial charge < -0.3 is 19.1 Å². The number of hydrogen-bond donors (Lipinski definition) is 0. The zero-order valence-corrected chi connectivity index (χ0v) is 20.1. The van der Waals surface area contributed by atoms with Gasteiger partial charge in [0, 0.05) is 18.7 Å². The molecule has 13 heteroatoms. The van der Waals surface area contributed by atoms with E-state index in [1.165, 1.54) is 31.0 Å². The number of halogens is 6. The second-order valence-electron chi connectivity index (χ2n) is 7.98. The molecule has 2 aliphatic rings. The lowest BCUT2D eigenvalue weighted by Gasteiger charge is -2.27. The third-order valence-corrected chi connectivity index (χ3v) is 6.55. The van der Waals surface area contributed by atoms with Gasteiger partial charge in [-0.25, -0.2) is 0 Å². The number of carbonyl (C=O) groups excluding carboxylic acids is 1. The van der Waals surface area contributed by atoms with Crippen molar-refractivity contribution in [3.63, 3.8) is 0 Å². The summed E-state index contributed by atoms with van der Waals surface area (Å²) < 4.78 is 95.0. The average molecular weight is 546 g/mol. The zero-order chi connectivity index (χ0) is 26.8. The molecule has 1 fully saturated rings. The molecular formula is C24H20F6N2O4S. The van der Waals surface area contributed by atoms with Crippen LogP contribution in [-0.4, -0.2) is 49.4 Å². The molecule has 1 amide bonds. The van der Waals surface area contributed by atoms with Crippen LogP contribution in [0.2, 0.25) is 0 Å². The van der Waals surface area contributed by atoms with E-state index in [9.17, 15) is 31.1 Å². The standard InChI is InChI=1S/C24H20F6N2O4S/c1-34-19-10-14(11-20-21(33)31-22(37-20)32-6-8-35-9-7-32)2-5-18(19)36-13-15-3-4-16(23(25,26)27)12-17(15)24(28,29)30/h2-5,10-12H,6-9,13H2,1H3. The Labute approximate surface area is 211 Å². The number of morpholine rings is 1. The number of methoxy groups -OCH3 is 1. The van der Waals surface area contributed by atoms with Gasteiger partial charge in [0.15, 0.2) is 16.7 Å². The molecule has 1 saturated heterocycles. The summed E-state index contributed by atoms with van der Waals surface area (Å²) in [6.45, 7) is 1.70. The van der Waals surface area contributed by atoms with E-state index >= 15 is 0 Å². The number of benzene rings is 2. The maximum absolute atomic E-state index is 13.4. The van der Waals surface area contributed by atoms with Crippen LogP contribution in [0.5, 0.6) is 11.5 Å². The van der Waals surface area contributed by atoms with E-state index in [2.05, 4.69) is 4.99 Å². The molecular weight excluding hydrogens is 526 g/mol. The summed E-state index contributed by atoms with van der Waals surface area (Å²) in [5.41, 5.74) is -2.74. The highest BCUT2D eigenvalue weighted by Gasteiger charge is 2.38. The van der Waals surface area contributed by atoms with E-state index < -0.39 is 41.6 Å². The van der Waals surface area contributed by atoms with Crippen molar-refractivity contribution >= 4 is 28.9 Å². The van der Waals surface area contributed by atoms with Crippen LogP contribution < -0.4 is 9.47 Å². The summed E-state index contributed by atoms with van der Waals surface area (Å²) in [4.78, 5) is 18.8. The van der Waals surface area contributed by atoms with Crippen LogP contribution in [0.1, 0.15) is 22.3 Å². The minimum Gasteiger partial charge on any atom is -0.493 e. The first kappa shape index (κ1) is 26.9. The average Bonchev–Trinajstić information content (AvgIpc) is 3.22. The molecule has 0 radical (unpaired) electrons. The monoisotopic (exact) mass is 546 g/mol. The predicted molar refractivity (Wildman–Crippen MR) is 124 cm³/mol. The molecule has 0 aliphatic carbocycles. The molecule has 0 bridgehead atoms. The summed E-state index contributed by atoms with van der Waals surface area (Å²) >= 11 is 1.23. The molecule has 2 aliphatic heterocycles. The van der Waals surface area contributed by atoms with Crippen molar-refractivity contribution in [3.8, 4) is 11.5 Å². The van der Waals surface area contributed by atoms with Crippen LogP contribution in [-0.2, 0) is 28.5 Å². The Balaban J connectivity index is 1.50. The van der Waals surface area contributed by atoms with Gasteiger partial charge in [-0.15, -0.1) is 0 Å². The molecule has 6 nitrogen and oxygen atoms in total. The topological polar surface area (TPSA) is 60.4 Å². The van der Waals surface area contributed by atoms with Crippen LogP contribution in [0.15, 0.2) is 46.3 Å². The lowest BCUT2D eigenvalue weighted by atomic mass is 10.0. The number of amidine groups is 1. The largest absolute Gasteiger partial charge is 0.493 e. The number of carbonyl (C=O) groups is 1. The summed E-state index contributed by atoms with van der Waals surface area (Å²) in [6.07, 6.45) is -8.32. The van der Waals surface area contributed by atoms with Crippen LogP contribution in [0.4, 0.5) is 26.3 Å². The zero-order valence-electron chi connectivity index (χ0n) is 19.3. The fraction of sp³-hybridized carbons (Fsp3) is 0.333. The van der Waals surface area contributed by atoms with Gasteiger partial charge in [-0.3, -0.25) is 4.79 Å². The van der Waals surface area contributed by atoms with E-state index in [1.54, 1.807) is 12.1 Å². The maximum Gasteiger partial charge on any atom is 0.416 e. The summed E-state index contributed by atoms with van der Waals surface area (Å²) in [7, 11) is 1.33. The Morgan fingerprint density at radius 3 is 2.41 bits per heavy atom. The van der Waals surface area contributed by atoms with Gasteiger partial charge in [-0.2, -0.15) is 31.3 Å². The molecule has 0 aromatic heterocycles. The summed E-state index contributed by atoms with van der Waals surface area (Å²) in [5.74, 6) is -0.152. The Hall–Kier alpha value is -3.19. The SMILES string of the molecule is COc1cc(C=C2SC(N3CCOCC3)=NC2=O)ccc1OCc1ccc(C(F)(F)F)cc1C(F)(F)F. The van der Waals surface area contributed by atoms with Gasteiger partial charge >= 0.3 is 12.4 Å². The molecule has 198 valence electrons. The predicted octanol–water partition coefficient (Wildman–Crippen LogP) is 5.61. The highest BCUT2D eigenvalue weighted by molar-refractivity contribution is 8.18. The maximum atomic E-state index is 13.4. The summed E-state index contributed by atoms with van der Waals surface area (Å²) in [6, 6.07) is 5.92. The van der Waals surface area contributed by atoms with Crippen LogP contribution >= 0.6 is 11.8 Å². The lowest BCUT2D eigenvalue weighted by Crippen LogP contribution is -2.38. The van der Waals surface area contributed by atoms with Gasteiger partial charge in [-0.05, 0) is 47.7 Å². The highest BCUT2D eigenvalue weighted by Crippen LogP contribution is 2.39. The number of amides is 1. The third kappa shape index (κ3) is 6.39. The number of hydrogen-bond acceptors (Lipinski definition) is 6. The fourth-order valence-corrected chi connectivity index (χ4v) is 4.60. The summed E-state index contributed by atoms with van der Waals surface area (Å²) in [5, 5.41) is 0.587. The Morgan fingerprint density at radius 1 is 1.03 bits per heavy atom. The molecule has 4 rings (SSSR count). The van der Waals surface area contributed by atoms with Crippen molar-refractivity contribution in [2.45, 2.75) is 19.0 Å². The van der Waals surface area contributed by atoms with Crippen LogP contribution in [0.3, 0.4) is 0 Å². The first-order valence-corrected chi connectivity index (χ1v) is 11.7. The van der Waals surface area contributed by atoms with E-state index in [0.29, 0.717) is 48.0 Å². The number of rotatable bonds is 5. The van der Waals surface area contributed by atoms with Crippen molar-refractivity contribution in [3.05, 3.63) is 63.6 Å². The fourth-order valence-electron chi connectivity index (χ4n) is 3.63. The van der Waals surface area contributed by atoms with Crippen molar-refractivity contribution in [1.82, 2.24) is 4.90 Å². The molecule has 0 unspecified atom stereocenters. The number of aliphatic imine (C=N–C) groups is 1. The molecule has 0 saturated carbocycles. The molecule has 2 heterocycles. The van der Waals surface area contributed by atoms with Crippen molar-refractivity contribution in [1.29, 1.82) is 0 Å². The quantitative estimate of drug-likeness (QED) is 0.359. The van der Waals surface area contributed by atoms with Crippen molar-refractivity contribution in [2.75, 3.05) is 33.4 Å². The van der Waals surface area contributed by atoms with Crippen molar-refractivity contribution < 1.29 is 45.3 Å². The smallest absolute Gasteiger partial charge is 0.416 e. The van der Waals surface area contributed by atoms with Crippen LogP contribution in [0, 0.1) is 0 Å². The second-order valence-corrected chi connectivity index (χ2v) is 8.99. The van der Waals surface area contributed by atoms with Crippen LogP contribution in [0.25, 0.3) is 6.08 Å². The third-order valence-electron chi connectivity index (χ3n) is 5.50. The van der Waals surface area contributed by atoms with E-state index in [0.717, 1.165) is 6.07 Å². The van der Waals surface area contributed by atoms with Gasteiger partial charge in [0.1, 0.15) is 6.61 Å². The van der Waals surface area contributed by atoms with Gasteiger partial charge in [0.05, 0.1) is 36.4 Å². The van der Waals surface area contributed by atoms with E-state index in [-0.39, 0.29) is 17.6 Å². The van der Waals surface area contributed by atoms with E-state index in [1.807, 2.05) is 4.90 Å². The molecule has 2 aromatic rings. The lowest BCUT2D eigenvalue weighted by molar-refractivity contribution is -0.143. The highest BCUT2D eigenvalue weighted by atomic mass is 32.2. The van der Waals surface area contributed by atoms with Gasteiger partial charge in [0.2, 0.25) is 0 Å². The minimum absolute atomic E-state index is 0.0642. The number of alkyl halides is 6. The first-order valence-electron chi connectivity index (χ1n) is 10.9. The number of thioether (sulfide) groups is 1. The first-order chi connectivity index (χ1) is 17.5. The van der Waals surface area contributed by atoms with E-state index in [4.69, 9.17) is 14.2 Å². The Kier molecular flexibility index (Phi) is 7.74. The van der Waals surface area contributed by atoms with Crippen molar-refractivity contribution in [2.24, 2.45) is 4.99 Å². The Morgan fingerprint density at radius 2 is 1.76 bits per heavy atom. The molecule has 0 spiro atoms. The van der Waals surface area contributed by atoms with Gasteiger partial charge in [-0.1, -0.05) is 12.1 Å². The minimum atomic E-state index is -5.01. The number of ether oxygens (including phenoxy) is 3. The molecule has 37 heavy (non-hydrogen) atoms.